The predicted octanol–water partition coefficient (Wildman–Crippen LogP) is 20.1. The summed E-state index contributed by atoms with van der Waals surface area (Å²) >= 11 is 12.0. The van der Waals surface area contributed by atoms with E-state index in [1.54, 1.807) is 18.6 Å². The summed E-state index contributed by atoms with van der Waals surface area (Å²) in [6.45, 7) is 36.6. The second kappa shape index (κ2) is 40.3. The summed E-state index contributed by atoms with van der Waals surface area (Å²) in [6, 6.07) is 30.1. The van der Waals surface area contributed by atoms with Crippen LogP contribution in [0.15, 0.2) is 97.1 Å². The fraction of sp³-hybridized carbons (Fsp3) is 0.510. The van der Waals surface area contributed by atoms with Gasteiger partial charge in [0.1, 0.15) is 56.6 Å². The number of amides is 2. The van der Waals surface area contributed by atoms with Crippen molar-refractivity contribution in [1.29, 1.82) is 0 Å². The molecule has 4 saturated heterocycles. The van der Waals surface area contributed by atoms with E-state index in [2.05, 4.69) is 0 Å². The molecule has 0 N–H and O–H groups in total. The van der Waals surface area contributed by atoms with Gasteiger partial charge in [0.2, 0.25) is 0 Å². The van der Waals surface area contributed by atoms with Gasteiger partial charge in [0, 0.05) is 145 Å². The maximum absolute atomic E-state index is 13.3. The number of hydrogen-bond acceptors (Lipinski definition) is 26. The topological polar surface area (TPSA) is 313 Å². The Morgan fingerprint density at radius 1 is 0.295 bits per heavy atom. The molecule has 132 heavy (non-hydrogen) atoms. The van der Waals surface area contributed by atoms with Gasteiger partial charge in [-0.1, -0.05) is 97.1 Å². The van der Waals surface area contributed by atoms with E-state index in [1.165, 1.54) is 27.7 Å². The molecule has 16 rings (SSSR count). The average molecular weight is 1860 g/mol. The summed E-state index contributed by atoms with van der Waals surface area (Å²) in [5.74, 6) is 0.145. The fourth-order valence-corrected chi connectivity index (χ4v) is 18.0. The molecule has 8 aliphatic rings. The third-order valence-corrected chi connectivity index (χ3v) is 25.1. The monoisotopic (exact) mass is 1860 g/mol. The minimum absolute atomic E-state index is 0.236. The van der Waals surface area contributed by atoms with E-state index in [9.17, 15) is 47.9 Å². The van der Waals surface area contributed by atoms with Crippen LogP contribution in [0.2, 0.25) is 0 Å². The van der Waals surface area contributed by atoms with Gasteiger partial charge in [0.15, 0.2) is 46.0 Å². The molecule has 30 heteroatoms. The van der Waals surface area contributed by atoms with Crippen LogP contribution in [-0.4, -0.2) is 165 Å². The van der Waals surface area contributed by atoms with Crippen LogP contribution >= 0.6 is 23.6 Å². The molecule has 0 saturated carbocycles. The molecule has 0 radical (unpaired) electrons. The summed E-state index contributed by atoms with van der Waals surface area (Å²) in [7, 11) is 0. The van der Waals surface area contributed by atoms with Gasteiger partial charge in [-0.25, -0.2) is 18.4 Å². The molecule has 8 heterocycles. The zero-order valence-corrected chi connectivity index (χ0v) is 80.4. The zero-order chi connectivity index (χ0) is 95.4. The number of esters is 8. The predicted molar refractivity (Wildman–Crippen MR) is 497 cm³/mol. The first-order valence-electron chi connectivity index (χ1n) is 45.6. The van der Waals surface area contributed by atoms with Crippen molar-refractivity contribution in [3.63, 3.8) is 0 Å². The van der Waals surface area contributed by atoms with Crippen molar-refractivity contribution in [2.75, 3.05) is 52.4 Å². The Labute approximate surface area is 780 Å². The van der Waals surface area contributed by atoms with Crippen molar-refractivity contribution in [1.82, 2.24) is 18.6 Å². The van der Waals surface area contributed by atoms with Crippen molar-refractivity contribution < 1.29 is 114 Å². The minimum Gasteiger partial charge on any atom is -0.487 e. The SMILES string of the molecule is CC(=O)Oc1c(OC(=O)C2CCN(C(=O)OC(C)(C)C)CC2)c2c(c3ccccc13)OC(C)(C)CC2.CC(=O)Oc1c(OC(=O)C2CCN(Cl)CC2)c2c(c3ccccc13)OC(C)(C)CC2.CC(=O)Oc1c2c(c3ccccc3c1OC(=O)C1CCN(C(=O)OC(C)(C)C)CC1)OC(C)(C)CC2.CC(=O)Oc1c2c(c3ccccc3c1OC(=O)C1CCN(Cl)CC1)OC(C)(C)CC2. The number of nitrogens with zero attached hydrogens (tertiary/aromatic N) is 4. The molecule has 28 nitrogen and oxygen atoms in total. The van der Waals surface area contributed by atoms with Crippen LogP contribution in [0.3, 0.4) is 0 Å². The maximum atomic E-state index is 13.3. The van der Waals surface area contributed by atoms with Crippen molar-refractivity contribution in [3.8, 4) is 69.0 Å². The first kappa shape index (κ1) is 98.3. The number of likely N-dealkylation sites (tertiary alicyclic amines) is 2. The first-order valence-corrected chi connectivity index (χ1v) is 46.3. The summed E-state index contributed by atoms with van der Waals surface area (Å²) in [4.78, 5) is 128. The molecular formula is C102H122Cl2N4O24. The third-order valence-electron chi connectivity index (χ3n) is 24.4. The molecule has 708 valence electrons. The second-order valence-corrected chi connectivity index (χ2v) is 40.4. The Balaban J connectivity index is 0.000000150. The van der Waals surface area contributed by atoms with Gasteiger partial charge in [-0.2, -0.15) is 0 Å². The van der Waals surface area contributed by atoms with Gasteiger partial charge in [-0.15, -0.1) is 0 Å². The van der Waals surface area contributed by atoms with Crippen LogP contribution in [0.25, 0.3) is 43.1 Å². The number of halogens is 2. The number of hydrogen-bond donors (Lipinski definition) is 0. The lowest BCUT2D eigenvalue weighted by Crippen LogP contribution is -2.43. The second-order valence-electron chi connectivity index (χ2n) is 39.4. The van der Waals surface area contributed by atoms with Gasteiger partial charge in [0.25, 0.3) is 0 Å². The highest BCUT2D eigenvalue weighted by atomic mass is 35.5. The molecule has 0 bridgehead atoms. The summed E-state index contributed by atoms with van der Waals surface area (Å²) in [5.41, 5.74) is 0.407. The molecule has 0 aliphatic carbocycles. The van der Waals surface area contributed by atoms with Gasteiger partial charge in [-0.05, 0) is 223 Å². The number of piperidine rings is 4. The van der Waals surface area contributed by atoms with Crippen molar-refractivity contribution in [3.05, 3.63) is 119 Å². The number of carbonyl (C=O) groups excluding carboxylic acids is 10. The largest absolute Gasteiger partial charge is 0.487 e. The molecular weight excluding hydrogens is 1740 g/mol. The molecule has 8 aromatic carbocycles. The smallest absolute Gasteiger partial charge is 0.410 e. The third kappa shape index (κ3) is 23.9. The fourth-order valence-electron chi connectivity index (χ4n) is 17.6. The Kier molecular flexibility index (Phi) is 30.0. The van der Waals surface area contributed by atoms with E-state index in [-0.39, 0.29) is 98.8 Å². The molecule has 0 spiro atoms. The van der Waals surface area contributed by atoms with E-state index in [1.807, 2.05) is 194 Å². The lowest BCUT2D eigenvalue weighted by atomic mass is 9.90. The highest BCUT2D eigenvalue weighted by Gasteiger charge is 2.43. The van der Waals surface area contributed by atoms with E-state index >= 15 is 0 Å². The normalized spacial score (nSPS) is 18.3. The van der Waals surface area contributed by atoms with Gasteiger partial charge >= 0.3 is 59.9 Å². The van der Waals surface area contributed by atoms with Crippen LogP contribution in [0.5, 0.6) is 69.0 Å². The molecule has 4 fully saturated rings. The first-order chi connectivity index (χ1) is 62.2. The van der Waals surface area contributed by atoms with E-state index < -0.39 is 52.9 Å². The summed E-state index contributed by atoms with van der Waals surface area (Å²) in [6.07, 6.45) is 9.10. The Morgan fingerprint density at radius 3 is 0.705 bits per heavy atom. The van der Waals surface area contributed by atoms with E-state index in [4.69, 9.17) is 89.9 Å². The van der Waals surface area contributed by atoms with Crippen molar-refractivity contribution in [2.24, 2.45) is 23.7 Å². The number of carbonyl (C=O) groups is 10. The lowest BCUT2D eigenvalue weighted by molar-refractivity contribution is -0.141. The summed E-state index contributed by atoms with van der Waals surface area (Å²) in [5, 5.41) is 5.95. The van der Waals surface area contributed by atoms with Gasteiger partial charge < -0.3 is 76.1 Å². The molecule has 2 amide bonds. The van der Waals surface area contributed by atoms with Crippen LogP contribution in [-0.2, 0) is 73.5 Å². The van der Waals surface area contributed by atoms with Crippen LogP contribution in [0.1, 0.15) is 224 Å². The van der Waals surface area contributed by atoms with Crippen LogP contribution in [0, 0.1) is 23.7 Å². The zero-order valence-electron chi connectivity index (χ0n) is 78.9. The maximum Gasteiger partial charge on any atom is 0.410 e. The van der Waals surface area contributed by atoms with Gasteiger partial charge in [0.05, 0.1) is 23.7 Å². The Bertz CT molecular complexity index is 5760. The Hall–Kier alpha value is -11.2. The molecule has 0 aromatic heterocycles. The van der Waals surface area contributed by atoms with E-state index in [0.717, 1.165) is 69.5 Å². The molecule has 0 unspecified atom stereocenters. The van der Waals surface area contributed by atoms with Crippen molar-refractivity contribution >= 4 is 127 Å². The molecule has 8 aliphatic heterocycles. The van der Waals surface area contributed by atoms with E-state index in [0.29, 0.717) is 185 Å². The number of fused-ring (bicyclic) bond motifs is 12. The quantitative estimate of drug-likeness (QED) is 0.0623. The molecule has 0 atom stereocenters. The lowest BCUT2D eigenvalue weighted by Gasteiger charge is -2.35. The van der Waals surface area contributed by atoms with Crippen molar-refractivity contribution in [2.45, 2.75) is 261 Å². The average Bonchev–Trinajstić information content (AvgIpc) is 0.756. The highest BCUT2D eigenvalue weighted by molar-refractivity contribution is 6.14. The number of ether oxygens (including phenoxy) is 14. The molecule has 8 aromatic rings. The standard InChI is InChI=1S/2C28H35NO7.2C23H26ClNO5/c1-17(30)33-24-21-11-14-28(5,6)35-22(21)19-9-7-8-10-20(19)23(24)34-25(31)18-12-15-29(16-13-18)26(32)36-27(2,3)4;1-17(30)33-23-20-10-8-7-9-19(20)22-21(11-14-28(5,6)35-22)24(23)34-25(31)18-12-15-29(16-13-18)26(32)36-27(2,3)4;1-14(26)28-21-18-8-11-23(2,3)30-19(18)16-6-4-5-7-17(16)20(21)29-22(27)15-9-12-25(24)13-10-15;1-14(26)28-20-17-7-5-4-6-16(17)19-18(8-11-23(2,3)30-19)21(20)29-22(27)15-9-12-25(24)13-10-15/h2*7-10,18H,11-16H2,1-6H3;2*4-7,15H,8-13H2,1-3H3. The summed E-state index contributed by atoms with van der Waals surface area (Å²) < 4.78 is 85.8. The van der Waals surface area contributed by atoms with Gasteiger partial charge in [-0.3, -0.25) is 38.4 Å². The highest BCUT2D eigenvalue weighted by Crippen LogP contribution is 2.56. The van der Waals surface area contributed by atoms with Crippen LogP contribution in [0.4, 0.5) is 9.59 Å². The minimum atomic E-state index is -0.578. The number of benzene rings is 8. The number of rotatable bonds is 12. The van der Waals surface area contributed by atoms with Crippen LogP contribution < -0.4 is 56.8 Å². The Morgan fingerprint density at radius 2 is 0.485 bits per heavy atom.